The highest BCUT2D eigenvalue weighted by atomic mass is 32.2. The molecule has 2 N–H and O–H groups in total. The summed E-state index contributed by atoms with van der Waals surface area (Å²) in [5.41, 5.74) is 7.00. The number of anilines is 1. The molecular formula is C31H39N2O5S+. The van der Waals surface area contributed by atoms with Crippen LogP contribution in [-0.2, 0) is 25.7 Å². The van der Waals surface area contributed by atoms with E-state index < -0.39 is 21.5 Å². The average molecular weight is 552 g/mol. The molecule has 7 nitrogen and oxygen atoms in total. The number of fused-ring (bicyclic) bond motifs is 2. The quantitative estimate of drug-likeness (QED) is 0.221. The van der Waals surface area contributed by atoms with Gasteiger partial charge in [0.2, 0.25) is 5.69 Å². The van der Waals surface area contributed by atoms with Gasteiger partial charge < -0.3 is 10.0 Å². The van der Waals surface area contributed by atoms with E-state index >= 15 is 0 Å². The number of aryl methyl sites for hydroxylation is 1. The topological polar surface area (TPSA) is 97.9 Å². The van der Waals surface area contributed by atoms with Gasteiger partial charge in [-0.25, -0.2) is 0 Å². The Bertz CT molecular complexity index is 1510. The minimum absolute atomic E-state index is 0.120. The Hall–Kier alpha value is -3.23. The first-order valence-corrected chi connectivity index (χ1v) is 14.8. The average Bonchev–Trinajstić information content (AvgIpc) is 3.16. The van der Waals surface area contributed by atoms with Crippen LogP contribution >= 0.6 is 0 Å². The standard InChI is InChI=1S/C31H38N2O5S/c1-21-14-16-25-23(19-21)30(2,3)27(32(25)6)11-10-12-28-31(4,5)24-20-22(39(36,37)38)15-17-26(24)33(28)18-9-7-8-13-29(34)35/h10-12,14-17,19-20H,7-9,13,18H2,1-6H3,(H-,34,35,36,37,38)/p+1. The summed E-state index contributed by atoms with van der Waals surface area (Å²) < 4.78 is 35.7. The van der Waals surface area contributed by atoms with Crippen molar-refractivity contribution in [3.05, 3.63) is 77.0 Å². The predicted molar refractivity (Wildman–Crippen MR) is 155 cm³/mol. The van der Waals surface area contributed by atoms with Gasteiger partial charge in [0.05, 0.1) is 10.3 Å². The third kappa shape index (κ3) is 5.45. The van der Waals surface area contributed by atoms with E-state index in [1.165, 1.54) is 28.6 Å². The van der Waals surface area contributed by atoms with E-state index in [0.29, 0.717) is 13.0 Å². The van der Waals surface area contributed by atoms with Crippen LogP contribution in [0.2, 0.25) is 0 Å². The molecule has 4 rings (SSSR count). The molecule has 2 aliphatic rings. The van der Waals surface area contributed by atoms with Crippen molar-refractivity contribution in [1.82, 2.24) is 0 Å². The van der Waals surface area contributed by atoms with Crippen LogP contribution in [0.25, 0.3) is 0 Å². The first-order chi connectivity index (χ1) is 18.2. The molecule has 39 heavy (non-hydrogen) atoms. The molecule has 2 aliphatic heterocycles. The van der Waals surface area contributed by atoms with Crippen LogP contribution in [0, 0.1) is 6.92 Å². The van der Waals surface area contributed by atoms with Crippen LogP contribution in [0.15, 0.2) is 65.2 Å². The number of allylic oxidation sites excluding steroid dienone is 4. The maximum atomic E-state index is 11.9. The molecule has 2 aromatic rings. The number of hydrogen-bond donors (Lipinski definition) is 2. The Morgan fingerprint density at radius 2 is 1.72 bits per heavy atom. The maximum Gasteiger partial charge on any atom is 0.303 e. The van der Waals surface area contributed by atoms with Gasteiger partial charge >= 0.3 is 5.97 Å². The molecule has 0 unspecified atom stereocenters. The SMILES string of the molecule is Cc1ccc2c(c1)C(C)(C)C(C=CC=C1N(CCCCCC(=O)O)c3ccc(S(=O)(=O)O)cc3C1(C)C)=[N+]2C. The van der Waals surface area contributed by atoms with Crippen molar-refractivity contribution in [3.63, 3.8) is 0 Å². The lowest BCUT2D eigenvalue weighted by Gasteiger charge is -2.27. The van der Waals surface area contributed by atoms with Crippen LogP contribution in [0.1, 0.15) is 70.1 Å². The fourth-order valence-corrected chi connectivity index (χ4v) is 6.47. The van der Waals surface area contributed by atoms with Gasteiger partial charge in [-0.2, -0.15) is 13.0 Å². The first kappa shape index (κ1) is 28.8. The number of unbranched alkanes of at least 4 members (excludes halogenated alkanes) is 2. The van der Waals surface area contributed by atoms with Crippen LogP contribution in [0.3, 0.4) is 0 Å². The van der Waals surface area contributed by atoms with Gasteiger partial charge in [0, 0.05) is 47.5 Å². The van der Waals surface area contributed by atoms with Crippen molar-refractivity contribution in [3.8, 4) is 0 Å². The van der Waals surface area contributed by atoms with Crippen molar-refractivity contribution < 1.29 is 27.4 Å². The molecule has 0 amide bonds. The third-order valence-electron chi connectivity index (χ3n) is 8.13. The van der Waals surface area contributed by atoms with E-state index in [2.05, 4.69) is 87.6 Å². The number of carbonyl (C=O) groups is 1. The highest BCUT2D eigenvalue weighted by Gasteiger charge is 2.43. The van der Waals surface area contributed by atoms with Crippen LogP contribution in [0.5, 0.6) is 0 Å². The Kier molecular flexibility index (Phi) is 7.67. The monoisotopic (exact) mass is 551 g/mol. The van der Waals surface area contributed by atoms with Gasteiger partial charge in [0.1, 0.15) is 7.05 Å². The number of rotatable bonds is 9. The van der Waals surface area contributed by atoms with Gasteiger partial charge in [-0.05, 0) is 69.5 Å². The Morgan fingerprint density at radius 3 is 2.38 bits per heavy atom. The van der Waals surface area contributed by atoms with Gasteiger partial charge in [0.15, 0.2) is 5.71 Å². The summed E-state index contributed by atoms with van der Waals surface area (Å²) in [5.74, 6) is -0.791. The van der Waals surface area contributed by atoms with Crippen molar-refractivity contribution in [2.24, 2.45) is 0 Å². The van der Waals surface area contributed by atoms with Crippen molar-refractivity contribution >= 4 is 33.2 Å². The summed E-state index contributed by atoms with van der Waals surface area (Å²) in [5, 5.41) is 8.97. The van der Waals surface area contributed by atoms with Crippen LogP contribution in [0.4, 0.5) is 11.4 Å². The molecule has 2 heterocycles. The number of hydrogen-bond acceptors (Lipinski definition) is 4. The molecule has 0 aliphatic carbocycles. The molecular weight excluding hydrogens is 512 g/mol. The fourth-order valence-electron chi connectivity index (χ4n) is 5.96. The summed E-state index contributed by atoms with van der Waals surface area (Å²) in [6.45, 7) is 11.4. The second kappa shape index (κ2) is 10.4. The lowest BCUT2D eigenvalue weighted by Crippen LogP contribution is -2.27. The lowest BCUT2D eigenvalue weighted by atomic mass is 9.80. The normalized spacial score (nSPS) is 18.7. The molecule has 0 saturated carbocycles. The zero-order chi connectivity index (χ0) is 28.8. The zero-order valence-electron chi connectivity index (χ0n) is 23.7. The molecule has 0 spiro atoms. The van der Waals surface area contributed by atoms with E-state index in [0.717, 1.165) is 29.8 Å². The largest absolute Gasteiger partial charge is 0.481 e. The fraction of sp³-hybridized carbons (Fsp3) is 0.419. The second-order valence-electron chi connectivity index (χ2n) is 11.6. The van der Waals surface area contributed by atoms with E-state index in [1.54, 1.807) is 12.1 Å². The third-order valence-corrected chi connectivity index (χ3v) is 8.98. The van der Waals surface area contributed by atoms with E-state index in [-0.39, 0.29) is 16.7 Å². The first-order valence-electron chi connectivity index (χ1n) is 13.4. The predicted octanol–water partition coefficient (Wildman–Crippen LogP) is 6.13. The molecule has 0 saturated heterocycles. The Morgan fingerprint density at radius 1 is 1.00 bits per heavy atom. The van der Waals surface area contributed by atoms with E-state index in [4.69, 9.17) is 5.11 Å². The zero-order valence-corrected chi connectivity index (χ0v) is 24.5. The summed E-state index contributed by atoms with van der Waals surface area (Å²) in [7, 11) is -2.25. The van der Waals surface area contributed by atoms with Crippen molar-refractivity contribution in [2.75, 3.05) is 18.5 Å². The minimum atomic E-state index is -4.33. The molecule has 0 aromatic heterocycles. The summed E-state index contributed by atoms with van der Waals surface area (Å²) in [4.78, 5) is 13.0. The second-order valence-corrected chi connectivity index (χ2v) is 13.1. The molecule has 2 aromatic carbocycles. The number of carboxylic acid groups (broad SMARTS) is 1. The van der Waals surface area contributed by atoms with Crippen molar-refractivity contribution in [1.29, 1.82) is 0 Å². The van der Waals surface area contributed by atoms with Gasteiger partial charge in [0.25, 0.3) is 10.1 Å². The number of carboxylic acids is 1. The number of aliphatic carboxylic acids is 1. The minimum Gasteiger partial charge on any atom is -0.481 e. The Labute approximate surface area is 231 Å². The van der Waals surface area contributed by atoms with Crippen molar-refractivity contribution in [2.45, 2.75) is 76.0 Å². The highest BCUT2D eigenvalue weighted by Crippen LogP contribution is 2.48. The van der Waals surface area contributed by atoms with E-state index in [9.17, 15) is 17.8 Å². The molecule has 208 valence electrons. The van der Waals surface area contributed by atoms with Gasteiger partial charge in [-0.15, -0.1) is 0 Å². The summed E-state index contributed by atoms with van der Waals surface area (Å²) in [6, 6.07) is 11.3. The number of benzene rings is 2. The molecule has 0 radical (unpaired) electrons. The van der Waals surface area contributed by atoms with Gasteiger partial charge in [-0.1, -0.05) is 38.0 Å². The smallest absolute Gasteiger partial charge is 0.303 e. The summed E-state index contributed by atoms with van der Waals surface area (Å²) >= 11 is 0. The summed E-state index contributed by atoms with van der Waals surface area (Å²) in [6.07, 6.45) is 8.64. The van der Waals surface area contributed by atoms with E-state index in [1.807, 2.05) is 0 Å². The molecule has 0 fully saturated rings. The molecule has 0 bridgehead atoms. The number of nitrogens with zero attached hydrogens (tertiary/aromatic N) is 2. The van der Waals surface area contributed by atoms with Gasteiger partial charge in [-0.3, -0.25) is 9.35 Å². The van der Waals surface area contributed by atoms with Crippen LogP contribution < -0.4 is 4.90 Å². The Balaban J connectivity index is 1.70. The highest BCUT2D eigenvalue weighted by molar-refractivity contribution is 7.85. The lowest BCUT2D eigenvalue weighted by molar-refractivity contribution is -0.401. The molecule has 0 atom stereocenters. The molecule has 8 heteroatoms. The maximum absolute atomic E-state index is 11.9. The van der Waals surface area contributed by atoms with Crippen LogP contribution in [-0.4, -0.2) is 47.9 Å².